The zero-order valence-electron chi connectivity index (χ0n) is 12.4. The molecule has 1 aromatic carbocycles. The molecule has 0 radical (unpaired) electrons. The topological polar surface area (TPSA) is 54.3 Å². The summed E-state index contributed by atoms with van der Waals surface area (Å²) in [5.41, 5.74) is 1.74. The summed E-state index contributed by atoms with van der Waals surface area (Å²) in [5, 5.41) is 8.17. The maximum absolute atomic E-state index is 12.4. The Morgan fingerprint density at radius 3 is 2.71 bits per heavy atom. The van der Waals surface area contributed by atoms with Crippen LogP contribution in [0.5, 0.6) is 0 Å². The van der Waals surface area contributed by atoms with Crippen LogP contribution in [-0.4, -0.2) is 63.4 Å². The molecule has 0 atom stereocenters. The predicted molar refractivity (Wildman–Crippen MR) is 80.8 cm³/mol. The molecular formula is C15H21N5O. The van der Waals surface area contributed by atoms with Gasteiger partial charge in [0, 0.05) is 26.2 Å². The van der Waals surface area contributed by atoms with Crippen LogP contribution in [0.25, 0.3) is 11.0 Å². The largest absolute Gasteiger partial charge is 0.339 e. The lowest BCUT2D eigenvalue weighted by atomic mass is 10.3. The monoisotopic (exact) mass is 287 g/mol. The van der Waals surface area contributed by atoms with Crippen molar-refractivity contribution in [3.05, 3.63) is 24.3 Å². The number of para-hydroxylation sites is 1. The van der Waals surface area contributed by atoms with Gasteiger partial charge in [0.2, 0.25) is 5.91 Å². The Hall–Kier alpha value is -1.95. The third-order valence-electron chi connectivity index (χ3n) is 3.97. The molecule has 1 aromatic heterocycles. The van der Waals surface area contributed by atoms with Gasteiger partial charge in [-0.15, -0.1) is 5.10 Å². The highest BCUT2D eigenvalue weighted by Crippen LogP contribution is 2.10. The van der Waals surface area contributed by atoms with Crippen LogP contribution in [-0.2, 0) is 11.3 Å². The average Bonchev–Trinajstić information content (AvgIpc) is 2.92. The van der Waals surface area contributed by atoms with Crippen molar-refractivity contribution in [3.8, 4) is 0 Å². The highest BCUT2D eigenvalue weighted by Gasteiger charge is 2.21. The van der Waals surface area contributed by atoms with E-state index >= 15 is 0 Å². The van der Waals surface area contributed by atoms with Crippen molar-refractivity contribution in [1.82, 2.24) is 24.8 Å². The van der Waals surface area contributed by atoms with Crippen LogP contribution in [0.3, 0.4) is 0 Å². The van der Waals surface area contributed by atoms with Gasteiger partial charge >= 0.3 is 0 Å². The molecule has 0 bridgehead atoms. The van der Waals surface area contributed by atoms with Gasteiger partial charge in [0.25, 0.3) is 0 Å². The first-order chi connectivity index (χ1) is 10.3. The molecule has 1 aliphatic rings. The third kappa shape index (κ3) is 3.05. The Morgan fingerprint density at radius 1 is 1.19 bits per heavy atom. The molecule has 1 fully saturated rings. The number of aromatic nitrogens is 3. The Balaban J connectivity index is 1.62. The fraction of sp³-hybridized carbons (Fsp3) is 0.533. The fourth-order valence-electron chi connectivity index (χ4n) is 2.80. The van der Waals surface area contributed by atoms with Gasteiger partial charge in [-0.2, -0.15) is 0 Å². The van der Waals surface area contributed by atoms with Crippen molar-refractivity contribution in [3.63, 3.8) is 0 Å². The second kappa shape index (κ2) is 6.22. The number of carbonyl (C=O) groups excluding carboxylic acids is 1. The molecule has 0 spiro atoms. The second-order valence-electron chi connectivity index (χ2n) is 5.46. The summed E-state index contributed by atoms with van der Waals surface area (Å²) in [4.78, 5) is 16.7. The Labute approximate surface area is 124 Å². The summed E-state index contributed by atoms with van der Waals surface area (Å²) in [7, 11) is 0. The molecule has 3 rings (SSSR count). The summed E-state index contributed by atoms with van der Waals surface area (Å²) in [5.74, 6) is 0.127. The lowest BCUT2D eigenvalue weighted by molar-refractivity contribution is -0.133. The van der Waals surface area contributed by atoms with Crippen LogP contribution in [0.4, 0.5) is 0 Å². The molecule has 0 N–H and O–H groups in total. The number of piperazine rings is 1. The first kappa shape index (κ1) is 14.0. The Bertz CT molecular complexity index is 615. The lowest BCUT2D eigenvalue weighted by Crippen LogP contribution is -2.49. The molecule has 6 heteroatoms. The smallest absolute Gasteiger partial charge is 0.244 e. The van der Waals surface area contributed by atoms with Crippen LogP contribution in [0.2, 0.25) is 0 Å². The van der Waals surface area contributed by atoms with Gasteiger partial charge in [0.15, 0.2) is 0 Å². The van der Waals surface area contributed by atoms with Gasteiger partial charge in [0.1, 0.15) is 12.1 Å². The van der Waals surface area contributed by atoms with Crippen molar-refractivity contribution in [2.45, 2.75) is 19.9 Å². The maximum atomic E-state index is 12.4. The van der Waals surface area contributed by atoms with E-state index in [1.165, 1.54) is 6.42 Å². The van der Waals surface area contributed by atoms with E-state index in [-0.39, 0.29) is 12.5 Å². The predicted octanol–water partition coefficient (Wildman–Crippen LogP) is 0.985. The van der Waals surface area contributed by atoms with E-state index < -0.39 is 0 Å². The molecule has 2 heterocycles. The van der Waals surface area contributed by atoms with E-state index in [0.717, 1.165) is 43.8 Å². The van der Waals surface area contributed by atoms with Crippen molar-refractivity contribution in [2.24, 2.45) is 0 Å². The van der Waals surface area contributed by atoms with Gasteiger partial charge in [-0.25, -0.2) is 4.68 Å². The number of rotatable bonds is 4. The van der Waals surface area contributed by atoms with Crippen molar-refractivity contribution in [2.75, 3.05) is 32.7 Å². The quantitative estimate of drug-likeness (QED) is 0.841. The number of fused-ring (bicyclic) bond motifs is 1. The van der Waals surface area contributed by atoms with E-state index in [9.17, 15) is 4.79 Å². The van der Waals surface area contributed by atoms with Gasteiger partial charge in [-0.3, -0.25) is 9.69 Å². The van der Waals surface area contributed by atoms with Crippen molar-refractivity contribution in [1.29, 1.82) is 0 Å². The van der Waals surface area contributed by atoms with Crippen LogP contribution in [0, 0.1) is 0 Å². The van der Waals surface area contributed by atoms with Crippen molar-refractivity contribution >= 4 is 16.9 Å². The SMILES string of the molecule is CCCN1CCN(C(=O)Cn2nnc3ccccc32)CC1. The van der Waals surface area contributed by atoms with Gasteiger partial charge in [0.05, 0.1) is 5.52 Å². The zero-order valence-corrected chi connectivity index (χ0v) is 12.4. The van der Waals surface area contributed by atoms with Gasteiger partial charge in [-0.05, 0) is 25.1 Å². The van der Waals surface area contributed by atoms with Crippen LogP contribution in [0.15, 0.2) is 24.3 Å². The summed E-state index contributed by atoms with van der Waals surface area (Å²) in [6.07, 6.45) is 1.17. The first-order valence-electron chi connectivity index (χ1n) is 7.56. The molecule has 1 saturated heterocycles. The highest BCUT2D eigenvalue weighted by molar-refractivity contribution is 5.79. The highest BCUT2D eigenvalue weighted by atomic mass is 16.2. The molecule has 0 saturated carbocycles. The van der Waals surface area contributed by atoms with Gasteiger partial charge < -0.3 is 4.90 Å². The molecule has 0 aliphatic carbocycles. The molecule has 21 heavy (non-hydrogen) atoms. The van der Waals surface area contributed by atoms with E-state index in [2.05, 4.69) is 22.1 Å². The van der Waals surface area contributed by atoms with E-state index in [1.807, 2.05) is 29.2 Å². The van der Waals surface area contributed by atoms with E-state index in [0.29, 0.717) is 0 Å². The number of amides is 1. The number of nitrogens with zero attached hydrogens (tertiary/aromatic N) is 5. The Morgan fingerprint density at radius 2 is 1.95 bits per heavy atom. The third-order valence-corrected chi connectivity index (χ3v) is 3.97. The average molecular weight is 287 g/mol. The van der Waals surface area contributed by atoms with Gasteiger partial charge in [-0.1, -0.05) is 24.3 Å². The summed E-state index contributed by atoms with van der Waals surface area (Å²) < 4.78 is 1.69. The molecule has 1 aliphatic heterocycles. The summed E-state index contributed by atoms with van der Waals surface area (Å²) in [6.45, 7) is 7.14. The molecule has 6 nitrogen and oxygen atoms in total. The molecule has 112 valence electrons. The fourth-order valence-corrected chi connectivity index (χ4v) is 2.80. The zero-order chi connectivity index (χ0) is 14.7. The van der Waals surface area contributed by atoms with Crippen LogP contribution >= 0.6 is 0 Å². The number of carbonyl (C=O) groups is 1. The maximum Gasteiger partial charge on any atom is 0.244 e. The normalized spacial score (nSPS) is 16.5. The molecule has 1 amide bonds. The van der Waals surface area contributed by atoms with Crippen LogP contribution < -0.4 is 0 Å². The van der Waals surface area contributed by atoms with Crippen molar-refractivity contribution < 1.29 is 4.79 Å². The van der Waals surface area contributed by atoms with Crippen LogP contribution in [0.1, 0.15) is 13.3 Å². The first-order valence-corrected chi connectivity index (χ1v) is 7.56. The minimum Gasteiger partial charge on any atom is -0.339 e. The minimum absolute atomic E-state index is 0.127. The molecule has 2 aromatic rings. The number of benzene rings is 1. The number of hydrogen-bond donors (Lipinski definition) is 0. The Kier molecular flexibility index (Phi) is 4.15. The van der Waals surface area contributed by atoms with E-state index in [1.54, 1.807) is 4.68 Å². The number of hydrogen-bond acceptors (Lipinski definition) is 4. The second-order valence-corrected chi connectivity index (χ2v) is 5.46. The summed E-state index contributed by atoms with van der Waals surface area (Å²) in [6, 6.07) is 7.72. The minimum atomic E-state index is 0.127. The lowest BCUT2D eigenvalue weighted by Gasteiger charge is -2.34. The molecular weight excluding hydrogens is 266 g/mol. The van der Waals surface area contributed by atoms with E-state index in [4.69, 9.17) is 0 Å². The molecule has 0 unspecified atom stereocenters. The standard InChI is InChI=1S/C15H21N5O/c1-2-7-18-8-10-19(11-9-18)15(21)12-20-14-6-4-3-5-13(14)16-17-20/h3-6H,2,7-12H2,1H3. The summed E-state index contributed by atoms with van der Waals surface area (Å²) >= 11 is 0.